The predicted molar refractivity (Wildman–Crippen MR) is 69.4 cm³/mol. The fourth-order valence-corrected chi connectivity index (χ4v) is 3.24. The maximum Gasteiger partial charge on any atom is 0.177 e. The first kappa shape index (κ1) is 11.7. The molecule has 96 valence electrons. The molecule has 0 amide bonds. The summed E-state index contributed by atoms with van der Waals surface area (Å²) < 4.78 is 23.4. The molecule has 1 atom stereocenters. The van der Waals surface area contributed by atoms with Gasteiger partial charge in [0, 0.05) is 18.7 Å². The summed E-state index contributed by atoms with van der Waals surface area (Å²) in [5, 5.41) is 3.28. The molecule has 1 unspecified atom stereocenters. The number of para-hydroxylation sites is 1. The summed E-state index contributed by atoms with van der Waals surface area (Å²) in [6.45, 7) is 1.88. The fourth-order valence-electron chi connectivity index (χ4n) is 2.41. The highest BCUT2D eigenvalue weighted by atomic mass is 32.2. The number of fused-ring (bicyclic) bond motifs is 1. The standard InChI is InChI=1S/C12H15N3O2S/c1-18(16,17)10-4-2-3-9-11(10)15-12(14-9)8-5-6-13-7-8/h2-4,8,13H,5-7H2,1H3,(H,14,15). The summed E-state index contributed by atoms with van der Waals surface area (Å²) in [5.41, 5.74) is 1.35. The van der Waals surface area contributed by atoms with Crippen molar-refractivity contribution in [3.05, 3.63) is 24.0 Å². The van der Waals surface area contributed by atoms with Gasteiger partial charge in [-0.1, -0.05) is 6.07 Å². The Labute approximate surface area is 106 Å². The second-order valence-corrected chi connectivity index (χ2v) is 6.72. The molecule has 3 rings (SSSR count). The SMILES string of the molecule is CS(=O)(=O)c1cccc2[nH]c(C3CCNC3)nc12. The Morgan fingerprint density at radius 3 is 2.89 bits per heavy atom. The monoisotopic (exact) mass is 265 g/mol. The molecule has 0 bridgehead atoms. The summed E-state index contributed by atoms with van der Waals surface area (Å²) in [5.74, 6) is 1.23. The zero-order chi connectivity index (χ0) is 12.8. The lowest BCUT2D eigenvalue weighted by Crippen LogP contribution is -2.08. The number of benzene rings is 1. The van der Waals surface area contributed by atoms with E-state index >= 15 is 0 Å². The Morgan fingerprint density at radius 2 is 2.22 bits per heavy atom. The van der Waals surface area contributed by atoms with E-state index in [2.05, 4.69) is 15.3 Å². The Morgan fingerprint density at radius 1 is 1.39 bits per heavy atom. The largest absolute Gasteiger partial charge is 0.342 e. The van der Waals surface area contributed by atoms with Gasteiger partial charge in [-0.2, -0.15) is 0 Å². The molecular weight excluding hydrogens is 250 g/mol. The molecule has 1 aromatic heterocycles. The van der Waals surface area contributed by atoms with E-state index in [1.54, 1.807) is 12.1 Å². The lowest BCUT2D eigenvalue weighted by atomic mass is 10.1. The number of H-pyrrole nitrogens is 1. The molecule has 1 aliphatic rings. The van der Waals surface area contributed by atoms with E-state index in [0.717, 1.165) is 30.9 Å². The van der Waals surface area contributed by atoms with Gasteiger partial charge in [-0.25, -0.2) is 13.4 Å². The van der Waals surface area contributed by atoms with Crippen LogP contribution in [0.3, 0.4) is 0 Å². The molecule has 0 radical (unpaired) electrons. The average Bonchev–Trinajstić information content (AvgIpc) is 2.95. The van der Waals surface area contributed by atoms with E-state index < -0.39 is 9.84 Å². The van der Waals surface area contributed by atoms with E-state index in [1.165, 1.54) is 6.26 Å². The molecule has 0 aliphatic carbocycles. The third-order valence-electron chi connectivity index (χ3n) is 3.34. The first-order valence-corrected chi connectivity index (χ1v) is 7.84. The van der Waals surface area contributed by atoms with Crippen molar-refractivity contribution in [2.45, 2.75) is 17.2 Å². The van der Waals surface area contributed by atoms with Gasteiger partial charge in [-0.3, -0.25) is 0 Å². The van der Waals surface area contributed by atoms with Gasteiger partial charge in [0.2, 0.25) is 0 Å². The van der Waals surface area contributed by atoms with Gasteiger partial charge in [-0.15, -0.1) is 0 Å². The first-order chi connectivity index (χ1) is 8.55. The smallest absolute Gasteiger partial charge is 0.177 e. The second-order valence-electron chi connectivity index (χ2n) is 4.74. The van der Waals surface area contributed by atoms with Gasteiger partial charge in [0.1, 0.15) is 11.3 Å². The minimum Gasteiger partial charge on any atom is -0.342 e. The van der Waals surface area contributed by atoms with Crippen molar-refractivity contribution >= 4 is 20.9 Å². The summed E-state index contributed by atoms with van der Waals surface area (Å²) >= 11 is 0. The van der Waals surface area contributed by atoms with Crippen molar-refractivity contribution in [2.24, 2.45) is 0 Å². The molecule has 1 saturated heterocycles. The molecule has 1 fully saturated rings. The van der Waals surface area contributed by atoms with E-state index in [9.17, 15) is 8.42 Å². The number of aromatic amines is 1. The van der Waals surface area contributed by atoms with Crippen molar-refractivity contribution in [3.8, 4) is 0 Å². The molecule has 2 heterocycles. The highest BCUT2D eigenvalue weighted by Crippen LogP contribution is 2.26. The quantitative estimate of drug-likeness (QED) is 0.851. The lowest BCUT2D eigenvalue weighted by molar-refractivity contribution is 0.602. The highest BCUT2D eigenvalue weighted by Gasteiger charge is 2.22. The molecule has 2 N–H and O–H groups in total. The predicted octanol–water partition coefficient (Wildman–Crippen LogP) is 1.04. The zero-order valence-electron chi connectivity index (χ0n) is 10.1. The van der Waals surface area contributed by atoms with Crippen LogP contribution >= 0.6 is 0 Å². The number of hydrogen-bond acceptors (Lipinski definition) is 4. The fraction of sp³-hybridized carbons (Fsp3) is 0.417. The number of hydrogen-bond donors (Lipinski definition) is 2. The Balaban J connectivity index is 2.17. The minimum atomic E-state index is -3.24. The zero-order valence-corrected chi connectivity index (χ0v) is 10.9. The van der Waals surface area contributed by atoms with Crippen LogP contribution in [0.15, 0.2) is 23.1 Å². The van der Waals surface area contributed by atoms with Crippen LogP contribution in [-0.4, -0.2) is 37.7 Å². The molecule has 1 aromatic carbocycles. The van der Waals surface area contributed by atoms with Gasteiger partial charge in [-0.05, 0) is 25.1 Å². The average molecular weight is 265 g/mol. The number of imidazole rings is 1. The van der Waals surface area contributed by atoms with Crippen LogP contribution in [0.4, 0.5) is 0 Å². The van der Waals surface area contributed by atoms with Gasteiger partial charge in [0.15, 0.2) is 9.84 Å². The van der Waals surface area contributed by atoms with Crippen molar-refractivity contribution < 1.29 is 8.42 Å². The molecular formula is C12H15N3O2S. The van der Waals surface area contributed by atoms with Gasteiger partial charge in [0.25, 0.3) is 0 Å². The number of sulfone groups is 1. The third kappa shape index (κ3) is 1.91. The normalized spacial score (nSPS) is 20.6. The van der Waals surface area contributed by atoms with Crippen LogP contribution in [0.2, 0.25) is 0 Å². The first-order valence-electron chi connectivity index (χ1n) is 5.95. The van der Waals surface area contributed by atoms with E-state index in [4.69, 9.17) is 0 Å². The van der Waals surface area contributed by atoms with Crippen molar-refractivity contribution in [1.82, 2.24) is 15.3 Å². The van der Waals surface area contributed by atoms with E-state index in [1.807, 2.05) is 6.07 Å². The second kappa shape index (κ2) is 4.07. The Kier molecular flexibility index (Phi) is 2.64. The lowest BCUT2D eigenvalue weighted by Gasteiger charge is -2.01. The minimum absolute atomic E-state index is 0.299. The Bertz CT molecular complexity index is 684. The van der Waals surface area contributed by atoms with Crippen molar-refractivity contribution in [1.29, 1.82) is 0 Å². The summed E-state index contributed by atoms with van der Waals surface area (Å²) in [6, 6.07) is 5.21. The van der Waals surface area contributed by atoms with Crippen LogP contribution < -0.4 is 5.32 Å². The maximum absolute atomic E-state index is 11.7. The van der Waals surface area contributed by atoms with Crippen molar-refractivity contribution in [2.75, 3.05) is 19.3 Å². The maximum atomic E-state index is 11.7. The van der Waals surface area contributed by atoms with Gasteiger partial charge < -0.3 is 10.3 Å². The number of nitrogens with zero attached hydrogens (tertiary/aromatic N) is 1. The van der Waals surface area contributed by atoms with Crippen LogP contribution in [0.25, 0.3) is 11.0 Å². The molecule has 5 nitrogen and oxygen atoms in total. The van der Waals surface area contributed by atoms with Crippen LogP contribution in [-0.2, 0) is 9.84 Å². The molecule has 18 heavy (non-hydrogen) atoms. The molecule has 0 spiro atoms. The van der Waals surface area contributed by atoms with E-state index in [0.29, 0.717) is 16.3 Å². The van der Waals surface area contributed by atoms with Crippen LogP contribution in [0, 0.1) is 0 Å². The number of aromatic nitrogens is 2. The topological polar surface area (TPSA) is 74.8 Å². The summed E-state index contributed by atoms with van der Waals surface area (Å²) in [6.07, 6.45) is 2.25. The molecule has 0 saturated carbocycles. The van der Waals surface area contributed by atoms with E-state index in [-0.39, 0.29) is 0 Å². The van der Waals surface area contributed by atoms with Crippen molar-refractivity contribution in [3.63, 3.8) is 0 Å². The Hall–Kier alpha value is -1.40. The summed E-state index contributed by atoms with van der Waals surface area (Å²) in [7, 11) is -3.24. The van der Waals surface area contributed by atoms with Gasteiger partial charge >= 0.3 is 0 Å². The summed E-state index contributed by atoms with van der Waals surface area (Å²) in [4.78, 5) is 8.02. The van der Waals surface area contributed by atoms with Crippen LogP contribution in [0.5, 0.6) is 0 Å². The van der Waals surface area contributed by atoms with Gasteiger partial charge in [0.05, 0.1) is 10.4 Å². The van der Waals surface area contributed by atoms with Crippen LogP contribution in [0.1, 0.15) is 18.2 Å². The number of rotatable bonds is 2. The number of nitrogens with one attached hydrogen (secondary N) is 2. The third-order valence-corrected chi connectivity index (χ3v) is 4.47. The molecule has 1 aliphatic heterocycles. The molecule has 6 heteroatoms. The molecule has 2 aromatic rings. The highest BCUT2D eigenvalue weighted by molar-refractivity contribution is 7.91.